The van der Waals surface area contributed by atoms with Crippen molar-refractivity contribution >= 4 is 29.0 Å². The highest BCUT2D eigenvalue weighted by atomic mass is 32.2. The molecule has 1 aromatic rings. The fourth-order valence-electron chi connectivity index (χ4n) is 1.11. The lowest BCUT2D eigenvalue weighted by molar-refractivity contribution is -0.115. The molecule has 15 heavy (non-hydrogen) atoms. The van der Waals surface area contributed by atoms with Crippen LogP contribution in [0.4, 0.5) is 4.79 Å². The Kier molecular flexibility index (Phi) is 2.61. The summed E-state index contributed by atoms with van der Waals surface area (Å²) in [5, 5.41) is 10.5. The SMILES string of the molecule is O=C1NC(=O)C(=Cc2ccc(CO)o2)S1. The Labute approximate surface area is 89.1 Å². The zero-order chi connectivity index (χ0) is 10.8. The molecule has 0 bridgehead atoms. The second-order valence-electron chi connectivity index (χ2n) is 2.81. The maximum Gasteiger partial charge on any atom is 0.290 e. The molecule has 0 saturated carbocycles. The van der Waals surface area contributed by atoms with Crippen molar-refractivity contribution in [2.45, 2.75) is 6.61 Å². The second kappa shape index (κ2) is 3.92. The molecule has 2 N–H and O–H groups in total. The van der Waals surface area contributed by atoms with Crippen molar-refractivity contribution in [3.05, 3.63) is 28.6 Å². The number of hydrogen-bond donors (Lipinski definition) is 2. The Morgan fingerprint density at radius 1 is 1.47 bits per heavy atom. The molecular weight excluding hydrogens is 218 g/mol. The summed E-state index contributed by atoms with van der Waals surface area (Å²) < 4.78 is 5.15. The number of carbonyl (C=O) groups is 2. The van der Waals surface area contributed by atoms with Crippen LogP contribution in [0.5, 0.6) is 0 Å². The first-order valence-corrected chi connectivity index (χ1v) is 4.95. The molecule has 6 heteroatoms. The molecule has 0 radical (unpaired) electrons. The van der Waals surface area contributed by atoms with E-state index in [1.807, 2.05) is 0 Å². The fraction of sp³-hybridized carbons (Fsp3) is 0.111. The number of carbonyl (C=O) groups excluding carboxylic acids is 2. The average Bonchev–Trinajstić information content (AvgIpc) is 2.75. The van der Waals surface area contributed by atoms with Crippen LogP contribution in [-0.2, 0) is 11.4 Å². The second-order valence-corrected chi connectivity index (χ2v) is 3.83. The lowest BCUT2D eigenvalue weighted by Gasteiger charge is -1.89. The van der Waals surface area contributed by atoms with Crippen LogP contribution < -0.4 is 5.32 Å². The summed E-state index contributed by atoms with van der Waals surface area (Å²) in [5.41, 5.74) is 0. The van der Waals surface area contributed by atoms with Gasteiger partial charge >= 0.3 is 0 Å². The summed E-state index contributed by atoms with van der Waals surface area (Å²) in [6, 6.07) is 3.22. The number of thioether (sulfide) groups is 1. The number of nitrogens with one attached hydrogen (secondary N) is 1. The van der Waals surface area contributed by atoms with Gasteiger partial charge in [-0.05, 0) is 23.9 Å². The topological polar surface area (TPSA) is 79.5 Å². The van der Waals surface area contributed by atoms with Crippen LogP contribution in [0, 0.1) is 0 Å². The molecule has 2 rings (SSSR count). The van der Waals surface area contributed by atoms with Crippen molar-refractivity contribution in [1.82, 2.24) is 5.32 Å². The van der Waals surface area contributed by atoms with Gasteiger partial charge in [-0.1, -0.05) is 0 Å². The van der Waals surface area contributed by atoms with Gasteiger partial charge in [-0.3, -0.25) is 14.9 Å². The highest BCUT2D eigenvalue weighted by Gasteiger charge is 2.25. The van der Waals surface area contributed by atoms with Gasteiger partial charge in [0.05, 0.1) is 4.91 Å². The van der Waals surface area contributed by atoms with Crippen molar-refractivity contribution in [2.24, 2.45) is 0 Å². The van der Waals surface area contributed by atoms with Gasteiger partial charge in [0.2, 0.25) is 0 Å². The number of hydrogen-bond acceptors (Lipinski definition) is 5. The molecule has 78 valence electrons. The van der Waals surface area contributed by atoms with Crippen LogP contribution in [0.2, 0.25) is 0 Å². The fourth-order valence-corrected chi connectivity index (χ4v) is 1.77. The van der Waals surface area contributed by atoms with E-state index >= 15 is 0 Å². The van der Waals surface area contributed by atoms with E-state index < -0.39 is 5.91 Å². The Morgan fingerprint density at radius 3 is 2.80 bits per heavy atom. The third-order valence-electron chi connectivity index (χ3n) is 1.75. The predicted octanol–water partition coefficient (Wildman–Crippen LogP) is 1.10. The summed E-state index contributed by atoms with van der Waals surface area (Å²) in [5.74, 6) is 0.426. The number of furan rings is 1. The number of aliphatic hydroxyl groups is 1. The quantitative estimate of drug-likeness (QED) is 0.736. The maximum atomic E-state index is 11.2. The van der Waals surface area contributed by atoms with E-state index in [0.717, 1.165) is 11.8 Å². The molecule has 1 saturated heterocycles. The average molecular weight is 225 g/mol. The zero-order valence-corrected chi connectivity index (χ0v) is 8.34. The summed E-state index contributed by atoms with van der Waals surface area (Å²) >= 11 is 0.824. The van der Waals surface area contributed by atoms with Gasteiger partial charge in [0.15, 0.2) is 0 Å². The van der Waals surface area contributed by atoms with Crippen LogP contribution in [0.15, 0.2) is 21.5 Å². The lowest BCUT2D eigenvalue weighted by Crippen LogP contribution is -2.17. The molecule has 0 aromatic carbocycles. The molecule has 0 aliphatic carbocycles. The lowest BCUT2D eigenvalue weighted by atomic mass is 10.4. The summed E-state index contributed by atoms with van der Waals surface area (Å²) in [6.45, 7) is -0.193. The monoisotopic (exact) mass is 225 g/mol. The number of imide groups is 1. The van der Waals surface area contributed by atoms with Gasteiger partial charge in [0.1, 0.15) is 18.1 Å². The van der Waals surface area contributed by atoms with Crippen molar-refractivity contribution in [2.75, 3.05) is 0 Å². The molecule has 0 spiro atoms. The summed E-state index contributed by atoms with van der Waals surface area (Å²) in [4.78, 5) is 22.3. The summed E-state index contributed by atoms with van der Waals surface area (Å²) in [7, 11) is 0. The van der Waals surface area contributed by atoms with E-state index in [4.69, 9.17) is 9.52 Å². The van der Waals surface area contributed by atoms with Crippen LogP contribution >= 0.6 is 11.8 Å². The highest BCUT2D eigenvalue weighted by Crippen LogP contribution is 2.25. The number of amides is 2. The molecule has 1 aliphatic rings. The van der Waals surface area contributed by atoms with Crippen LogP contribution in [0.3, 0.4) is 0 Å². The number of aliphatic hydroxyl groups excluding tert-OH is 1. The largest absolute Gasteiger partial charge is 0.459 e. The number of rotatable bonds is 2. The molecule has 5 nitrogen and oxygen atoms in total. The van der Waals surface area contributed by atoms with E-state index in [1.54, 1.807) is 12.1 Å². The van der Waals surface area contributed by atoms with E-state index in [0.29, 0.717) is 16.4 Å². The maximum absolute atomic E-state index is 11.2. The standard InChI is InChI=1S/C9H7NO4S/c11-4-6-2-1-5(14-6)3-7-8(12)10-9(13)15-7/h1-3,11H,4H2,(H,10,12,13). The van der Waals surface area contributed by atoms with Crippen LogP contribution in [-0.4, -0.2) is 16.3 Å². The Hall–Kier alpha value is -1.53. The third kappa shape index (κ3) is 2.11. The summed E-state index contributed by atoms with van der Waals surface area (Å²) in [6.07, 6.45) is 1.46. The van der Waals surface area contributed by atoms with E-state index in [1.165, 1.54) is 6.08 Å². The first-order chi connectivity index (χ1) is 7.19. The molecule has 1 fully saturated rings. The molecular formula is C9H7NO4S. The molecule has 0 atom stereocenters. The molecule has 2 amide bonds. The molecule has 1 aromatic heterocycles. The normalized spacial score (nSPS) is 18.6. The van der Waals surface area contributed by atoms with Gasteiger partial charge in [-0.2, -0.15) is 0 Å². The van der Waals surface area contributed by atoms with Gasteiger partial charge in [-0.25, -0.2) is 0 Å². The van der Waals surface area contributed by atoms with Crippen LogP contribution in [0.1, 0.15) is 11.5 Å². The third-order valence-corrected chi connectivity index (χ3v) is 2.56. The van der Waals surface area contributed by atoms with E-state index in [9.17, 15) is 9.59 Å². The Balaban J connectivity index is 2.22. The molecule has 0 unspecified atom stereocenters. The minimum atomic E-state index is -0.424. The first kappa shape index (κ1) is 10.0. The van der Waals surface area contributed by atoms with Crippen molar-refractivity contribution in [1.29, 1.82) is 0 Å². The van der Waals surface area contributed by atoms with Crippen molar-refractivity contribution in [3.8, 4) is 0 Å². The highest BCUT2D eigenvalue weighted by molar-refractivity contribution is 8.18. The van der Waals surface area contributed by atoms with Gasteiger partial charge in [-0.15, -0.1) is 0 Å². The van der Waals surface area contributed by atoms with Crippen LogP contribution in [0.25, 0.3) is 6.08 Å². The van der Waals surface area contributed by atoms with Crippen molar-refractivity contribution in [3.63, 3.8) is 0 Å². The van der Waals surface area contributed by atoms with Gasteiger partial charge in [0, 0.05) is 6.08 Å². The minimum absolute atomic E-state index is 0.193. The van der Waals surface area contributed by atoms with Gasteiger partial charge < -0.3 is 9.52 Å². The zero-order valence-electron chi connectivity index (χ0n) is 7.52. The molecule has 1 aliphatic heterocycles. The predicted molar refractivity (Wildman–Crippen MR) is 53.7 cm³/mol. The molecule has 2 heterocycles. The van der Waals surface area contributed by atoms with Gasteiger partial charge in [0.25, 0.3) is 11.1 Å². The Bertz CT molecular complexity index is 449. The van der Waals surface area contributed by atoms with E-state index in [-0.39, 0.29) is 11.8 Å². The smallest absolute Gasteiger partial charge is 0.290 e. The Morgan fingerprint density at radius 2 is 2.27 bits per heavy atom. The first-order valence-electron chi connectivity index (χ1n) is 4.13. The minimum Gasteiger partial charge on any atom is -0.459 e. The van der Waals surface area contributed by atoms with Crippen molar-refractivity contribution < 1.29 is 19.1 Å². The van der Waals surface area contributed by atoms with E-state index in [2.05, 4.69) is 5.32 Å².